The minimum Gasteiger partial charge on any atom is -0.465 e. The summed E-state index contributed by atoms with van der Waals surface area (Å²) in [6.07, 6.45) is 3.29. The molecule has 0 aromatic rings. The fourth-order valence-electron chi connectivity index (χ4n) is 1.84. The molecule has 2 aliphatic rings. The molecular formula is C7H8INO2. The maximum Gasteiger partial charge on any atom is 0.408 e. The van der Waals surface area contributed by atoms with E-state index in [1.165, 1.54) is 3.58 Å². The Kier molecular flexibility index (Phi) is 1.59. The molecule has 0 spiro atoms. The maximum atomic E-state index is 10.7. The van der Waals surface area contributed by atoms with E-state index in [4.69, 9.17) is 5.11 Å². The number of nitrogens with zero attached hydrogens (tertiary/aromatic N) is 1. The van der Waals surface area contributed by atoms with Crippen LogP contribution in [-0.4, -0.2) is 28.2 Å². The number of hydrogen-bond donors (Lipinski definition) is 1. The van der Waals surface area contributed by atoms with Gasteiger partial charge in [-0.25, -0.2) is 4.79 Å². The Hall–Kier alpha value is -0.260. The van der Waals surface area contributed by atoms with E-state index in [-0.39, 0.29) is 12.1 Å². The van der Waals surface area contributed by atoms with E-state index in [1.54, 1.807) is 4.90 Å². The van der Waals surface area contributed by atoms with Gasteiger partial charge in [0.15, 0.2) is 0 Å². The number of amides is 1. The summed E-state index contributed by atoms with van der Waals surface area (Å²) in [6, 6.07) is 0.350. The first-order chi connectivity index (χ1) is 5.20. The first-order valence-electron chi connectivity index (χ1n) is 3.58. The molecule has 4 heteroatoms. The molecule has 2 aliphatic heterocycles. The van der Waals surface area contributed by atoms with Crippen LogP contribution in [0.4, 0.5) is 4.79 Å². The summed E-state index contributed by atoms with van der Waals surface area (Å²) in [5, 5.41) is 8.80. The summed E-state index contributed by atoms with van der Waals surface area (Å²) >= 11 is 2.23. The lowest BCUT2D eigenvalue weighted by molar-refractivity contribution is 0.142. The fraction of sp³-hybridized carbons (Fsp3) is 0.571. The van der Waals surface area contributed by atoms with Crippen LogP contribution >= 0.6 is 22.6 Å². The molecule has 3 nitrogen and oxygen atoms in total. The number of carboxylic acid groups (broad SMARTS) is 1. The SMILES string of the molecule is O=C(O)N1[C@H]2C=C(I)[C@@H]1CC2. The Balaban J connectivity index is 2.26. The predicted molar refractivity (Wildman–Crippen MR) is 48.8 cm³/mol. The molecule has 0 aliphatic carbocycles. The van der Waals surface area contributed by atoms with E-state index in [0.29, 0.717) is 0 Å². The van der Waals surface area contributed by atoms with Gasteiger partial charge in [-0.15, -0.1) is 0 Å². The van der Waals surface area contributed by atoms with E-state index in [9.17, 15) is 4.79 Å². The Morgan fingerprint density at radius 2 is 2.45 bits per heavy atom. The zero-order chi connectivity index (χ0) is 8.01. The van der Waals surface area contributed by atoms with Crippen LogP contribution in [0.5, 0.6) is 0 Å². The highest BCUT2D eigenvalue weighted by atomic mass is 127. The molecule has 0 saturated carbocycles. The Morgan fingerprint density at radius 3 is 2.73 bits per heavy atom. The van der Waals surface area contributed by atoms with Crippen LogP contribution in [0.1, 0.15) is 12.8 Å². The molecule has 0 aromatic carbocycles. The lowest BCUT2D eigenvalue weighted by Crippen LogP contribution is -2.34. The molecule has 60 valence electrons. The van der Waals surface area contributed by atoms with E-state index in [0.717, 1.165) is 12.8 Å². The summed E-state index contributed by atoms with van der Waals surface area (Å²) in [4.78, 5) is 12.3. The van der Waals surface area contributed by atoms with Crippen LogP contribution in [0.25, 0.3) is 0 Å². The van der Waals surface area contributed by atoms with Crippen molar-refractivity contribution in [2.45, 2.75) is 24.9 Å². The van der Waals surface area contributed by atoms with Gasteiger partial charge < -0.3 is 5.11 Å². The maximum absolute atomic E-state index is 10.7. The molecule has 1 N–H and O–H groups in total. The van der Waals surface area contributed by atoms with E-state index in [1.807, 2.05) is 0 Å². The van der Waals surface area contributed by atoms with Gasteiger partial charge in [0.25, 0.3) is 0 Å². The molecule has 1 saturated heterocycles. The van der Waals surface area contributed by atoms with Crippen molar-refractivity contribution in [2.24, 2.45) is 0 Å². The average Bonchev–Trinajstić information content (AvgIpc) is 2.41. The highest BCUT2D eigenvalue weighted by Crippen LogP contribution is 2.39. The second kappa shape index (κ2) is 2.36. The molecule has 2 rings (SSSR count). The molecule has 1 amide bonds. The van der Waals surface area contributed by atoms with Crippen molar-refractivity contribution in [3.05, 3.63) is 9.66 Å². The van der Waals surface area contributed by atoms with Crippen molar-refractivity contribution >= 4 is 28.7 Å². The van der Waals surface area contributed by atoms with Crippen molar-refractivity contribution < 1.29 is 9.90 Å². The third-order valence-corrected chi connectivity index (χ3v) is 3.40. The van der Waals surface area contributed by atoms with Crippen molar-refractivity contribution in [1.29, 1.82) is 0 Å². The average molecular weight is 265 g/mol. The van der Waals surface area contributed by atoms with Crippen molar-refractivity contribution in [2.75, 3.05) is 0 Å². The second-order valence-electron chi connectivity index (χ2n) is 2.90. The Labute approximate surface area is 78.2 Å². The van der Waals surface area contributed by atoms with E-state index in [2.05, 4.69) is 28.7 Å². The topological polar surface area (TPSA) is 40.5 Å². The highest BCUT2D eigenvalue weighted by molar-refractivity contribution is 14.1. The number of halogens is 1. The molecule has 0 aromatic heterocycles. The molecule has 2 heterocycles. The van der Waals surface area contributed by atoms with Crippen molar-refractivity contribution in [3.63, 3.8) is 0 Å². The van der Waals surface area contributed by atoms with Crippen LogP contribution in [-0.2, 0) is 0 Å². The normalized spacial score (nSPS) is 34.3. The summed E-state index contributed by atoms with van der Waals surface area (Å²) in [7, 11) is 0. The van der Waals surface area contributed by atoms with Gasteiger partial charge in [-0.1, -0.05) is 6.08 Å². The van der Waals surface area contributed by atoms with Crippen molar-refractivity contribution in [1.82, 2.24) is 4.90 Å². The number of fused-ring (bicyclic) bond motifs is 2. The van der Waals surface area contributed by atoms with Crippen LogP contribution in [0.2, 0.25) is 0 Å². The van der Waals surface area contributed by atoms with Crippen molar-refractivity contribution in [3.8, 4) is 0 Å². The molecule has 2 atom stereocenters. The van der Waals surface area contributed by atoms with E-state index < -0.39 is 6.09 Å². The van der Waals surface area contributed by atoms with Gasteiger partial charge in [-0.2, -0.15) is 0 Å². The molecule has 0 unspecified atom stereocenters. The second-order valence-corrected chi connectivity index (χ2v) is 4.15. The fourth-order valence-corrected chi connectivity index (χ4v) is 2.87. The van der Waals surface area contributed by atoms with Crippen LogP contribution in [0.3, 0.4) is 0 Å². The van der Waals surface area contributed by atoms with Gasteiger partial charge in [0, 0.05) is 3.58 Å². The molecular weight excluding hydrogens is 257 g/mol. The standard InChI is InChI=1S/C7H8INO2/c8-5-3-4-1-2-6(5)9(4)7(10)11/h3-4,6H,1-2H2,(H,10,11)/t4-,6+/m1/s1. The van der Waals surface area contributed by atoms with Gasteiger partial charge >= 0.3 is 6.09 Å². The molecule has 2 bridgehead atoms. The van der Waals surface area contributed by atoms with Crippen LogP contribution in [0.15, 0.2) is 9.66 Å². The molecule has 0 radical (unpaired) electrons. The van der Waals surface area contributed by atoms with Gasteiger partial charge in [-0.05, 0) is 35.4 Å². The smallest absolute Gasteiger partial charge is 0.408 e. The lowest BCUT2D eigenvalue weighted by atomic mass is 10.1. The summed E-state index contributed by atoms with van der Waals surface area (Å²) in [5.74, 6) is 0. The van der Waals surface area contributed by atoms with Gasteiger partial charge in [0.1, 0.15) is 0 Å². The quantitative estimate of drug-likeness (QED) is 0.679. The van der Waals surface area contributed by atoms with Gasteiger partial charge in [0.2, 0.25) is 0 Å². The van der Waals surface area contributed by atoms with E-state index >= 15 is 0 Å². The molecule has 11 heavy (non-hydrogen) atoms. The van der Waals surface area contributed by atoms with Crippen LogP contribution in [0, 0.1) is 0 Å². The lowest BCUT2D eigenvalue weighted by Gasteiger charge is -2.18. The zero-order valence-electron chi connectivity index (χ0n) is 5.83. The molecule has 1 fully saturated rings. The number of rotatable bonds is 0. The van der Waals surface area contributed by atoms with Gasteiger partial charge in [0.05, 0.1) is 12.1 Å². The first-order valence-corrected chi connectivity index (χ1v) is 4.66. The summed E-state index contributed by atoms with van der Waals surface area (Å²) < 4.78 is 1.20. The first kappa shape index (κ1) is 7.39. The minimum absolute atomic E-state index is 0.171. The Morgan fingerprint density at radius 1 is 1.73 bits per heavy atom. The van der Waals surface area contributed by atoms with Gasteiger partial charge in [-0.3, -0.25) is 4.90 Å². The minimum atomic E-state index is -0.777. The largest absolute Gasteiger partial charge is 0.465 e. The Bertz CT molecular complexity index is 239. The summed E-state index contributed by atoms with van der Waals surface area (Å²) in [5.41, 5.74) is 0. The number of carbonyl (C=O) groups is 1. The number of hydrogen-bond acceptors (Lipinski definition) is 1. The zero-order valence-corrected chi connectivity index (χ0v) is 7.98. The monoisotopic (exact) mass is 265 g/mol. The third-order valence-electron chi connectivity index (χ3n) is 2.32. The summed E-state index contributed by atoms with van der Waals surface area (Å²) in [6.45, 7) is 0. The third kappa shape index (κ3) is 0.953. The highest BCUT2D eigenvalue weighted by Gasteiger charge is 2.42. The predicted octanol–water partition coefficient (Wildman–Crippen LogP) is 1.83. The van der Waals surface area contributed by atoms with Crippen LogP contribution < -0.4 is 0 Å².